The van der Waals surface area contributed by atoms with Gasteiger partial charge in [-0.1, -0.05) is 47.8 Å². The molecule has 0 radical (unpaired) electrons. The molecule has 2 N–H and O–H groups in total. The Hall–Kier alpha value is -3.04. The molecule has 1 aliphatic rings. The van der Waals surface area contributed by atoms with Crippen LogP contribution in [0.5, 0.6) is 0 Å². The molecule has 0 aliphatic carbocycles. The molecule has 0 amide bonds. The summed E-state index contributed by atoms with van der Waals surface area (Å²) in [6, 6.07) is 12.0. The Morgan fingerprint density at radius 1 is 0.704 bits per heavy atom. The number of rotatable bonds is 6. The van der Waals surface area contributed by atoms with E-state index in [1.54, 1.807) is 24.3 Å². The summed E-state index contributed by atoms with van der Waals surface area (Å²) in [7, 11) is 0. The molecular weight excluding hydrogens is 392 g/mol. The number of carboxylic acids is 2. The van der Waals surface area contributed by atoms with Gasteiger partial charge in [-0.05, 0) is 24.3 Å². The summed E-state index contributed by atoms with van der Waals surface area (Å²) in [5, 5.41) is 18.5. The van der Waals surface area contributed by atoms with Gasteiger partial charge in [-0.25, -0.2) is 19.2 Å². The minimum atomic E-state index is -1.18. The highest BCUT2D eigenvalue weighted by Crippen LogP contribution is 2.43. The molecule has 2 aromatic rings. The third-order valence-corrected chi connectivity index (χ3v) is 5.85. The normalized spacial score (nSPS) is 13.6. The second-order valence-corrected chi connectivity index (χ2v) is 7.25. The van der Waals surface area contributed by atoms with E-state index in [-0.39, 0.29) is 30.7 Å². The molecule has 0 spiro atoms. The van der Waals surface area contributed by atoms with E-state index in [1.165, 1.54) is 24.3 Å². The van der Waals surface area contributed by atoms with Gasteiger partial charge in [-0.15, -0.1) is 0 Å². The Balaban J connectivity index is 2.03. The molecule has 1 heterocycles. The highest BCUT2D eigenvalue weighted by atomic mass is 32.2. The second-order valence-electron chi connectivity index (χ2n) is 5.14. The number of carboxylic acid groups (broad SMARTS) is 2. The van der Waals surface area contributed by atoms with E-state index in [4.69, 9.17) is 0 Å². The van der Waals surface area contributed by atoms with Crippen LogP contribution in [0, 0.1) is 0 Å². The van der Waals surface area contributed by atoms with E-state index in [2.05, 4.69) is 4.74 Å². The van der Waals surface area contributed by atoms with Crippen LogP contribution in [0.1, 0.15) is 20.7 Å². The molecule has 0 saturated carbocycles. The second kappa shape index (κ2) is 7.68. The van der Waals surface area contributed by atoms with E-state index in [1.807, 2.05) is 0 Å². The van der Waals surface area contributed by atoms with Crippen molar-refractivity contribution in [3.05, 3.63) is 69.5 Å². The number of ether oxygens (including phenoxy) is 1. The van der Waals surface area contributed by atoms with Crippen LogP contribution in [0.15, 0.2) is 68.1 Å². The minimum Gasteiger partial charge on any atom is -0.478 e. The van der Waals surface area contributed by atoms with Crippen LogP contribution < -0.4 is 0 Å². The Morgan fingerprint density at radius 3 is 1.44 bits per heavy atom. The third kappa shape index (κ3) is 3.88. The minimum absolute atomic E-state index is 0.0302. The van der Waals surface area contributed by atoms with Gasteiger partial charge in [-0.2, -0.15) is 0 Å². The van der Waals surface area contributed by atoms with Crippen molar-refractivity contribution in [1.29, 1.82) is 0 Å². The lowest BCUT2D eigenvalue weighted by atomic mass is 10.2. The summed E-state index contributed by atoms with van der Waals surface area (Å²) in [6.07, 6.45) is 0. The monoisotopic (exact) mass is 402 g/mol. The average molecular weight is 402 g/mol. The lowest BCUT2D eigenvalue weighted by Gasteiger charge is -2.07. The van der Waals surface area contributed by atoms with Gasteiger partial charge in [0.2, 0.25) is 0 Å². The Bertz CT molecular complexity index is 931. The lowest BCUT2D eigenvalue weighted by molar-refractivity contribution is -0.150. The fourth-order valence-corrected chi connectivity index (χ4v) is 4.34. The number of esters is 2. The summed E-state index contributed by atoms with van der Waals surface area (Å²) in [6.45, 7) is 0. The summed E-state index contributed by atoms with van der Waals surface area (Å²) in [4.78, 5) is 47.2. The van der Waals surface area contributed by atoms with Gasteiger partial charge < -0.3 is 14.9 Å². The summed E-state index contributed by atoms with van der Waals surface area (Å²) < 4.78 is 4.64. The first-order chi connectivity index (χ1) is 12.9. The van der Waals surface area contributed by atoms with Crippen molar-refractivity contribution < 1.29 is 34.1 Å². The Labute approximate surface area is 161 Å². The van der Waals surface area contributed by atoms with Crippen LogP contribution in [0.25, 0.3) is 0 Å². The predicted molar refractivity (Wildman–Crippen MR) is 96.6 cm³/mol. The van der Waals surface area contributed by atoms with Gasteiger partial charge in [0.25, 0.3) is 0 Å². The number of cyclic esters (lactones) is 2. The quantitative estimate of drug-likeness (QED) is 0.554. The van der Waals surface area contributed by atoms with Crippen molar-refractivity contribution in [2.75, 3.05) is 0 Å². The smallest absolute Gasteiger partial charge is 0.354 e. The Morgan fingerprint density at radius 2 is 1.07 bits per heavy atom. The van der Waals surface area contributed by atoms with Gasteiger partial charge in [0.1, 0.15) is 9.81 Å². The van der Waals surface area contributed by atoms with Gasteiger partial charge in [0, 0.05) is 9.79 Å². The van der Waals surface area contributed by atoms with Gasteiger partial charge in [0.05, 0.1) is 11.1 Å². The number of thioether (sulfide) groups is 2. The van der Waals surface area contributed by atoms with E-state index < -0.39 is 23.9 Å². The molecule has 136 valence electrons. The number of aromatic carboxylic acids is 2. The van der Waals surface area contributed by atoms with Crippen LogP contribution in [-0.2, 0) is 14.3 Å². The van der Waals surface area contributed by atoms with Crippen molar-refractivity contribution in [2.45, 2.75) is 9.79 Å². The molecule has 0 saturated heterocycles. The first-order valence-electron chi connectivity index (χ1n) is 7.39. The van der Waals surface area contributed by atoms with E-state index in [9.17, 15) is 29.4 Å². The molecule has 1 aliphatic heterocycles. The maximum Gasteiger partial charge on any atom is 0.354 e. The highest BCUT2D eigenvalue weighted by molar-refractivity contribution is 8.08. The molecule has 0 bridgehead atoms. The topological polar surface area (TPSA) is 118 Å². The van der Waals surface area contributed by atoms with Crippen molar-refractivity contribution in [1.82, 2.24) is 0 Å². The number of carbonyl (C=O) groups excluding carboxylic acids is 2. The molecular formula is C18H10O7S2. The van der Waals surface area contributed by atoms with Crippen molar-refractivity contribution in [2.24, 2.45) is 0 Å². The number of benzene rings is 2. The Kier molecular flexibility index (Phi) is 5.33. The SMILES string of the molecule is O=C1OC(=O)C(Sc2ccccc2C(=O)O)=C1Sc1ccccc1C(=O)O. The van der Waals surface area contributed by atoms with E-state index in [0.717, 1.165) is 23.5 Å². The number of hydrogen-bond donors (Lipinski definition) is 2. The fraction of sp³-hybridized carbons (Fsp3) is 0. The standard InChI is InChI=1S/C18H10O7S2/c19-15(20)9-5-1-3-7-11(9)26-13-14(18(24)25-17(13)23)27-12-8-4-2-6-10(12)16(21)22/h1-8H,(H,19,20)(H,21,22). The highest BCUT2D eigenvalue weighted by Gasteiger charge is 2.35. The zero-order valence-corrected chi connectivity index (χ0v) is 15.0. The van der Waals surface area contributed by atoms with Gasteiger partial charge in [-0.3, -0.25) is 0 Å². The lowest BCUT2D eigenvalue weighted by Crippen LogP contribution is -2.02. The molecule has 2 aromatic carbocycles. The van der Waals surface area contributed by atoms with Crippen molar-refractivity contribution in [3.63, 3.8) is 0 Å². The van der Waals surface area contributed by atoms with Crippen LogP contribution in [0.2, 0.25) is 0 Å². The first kappa shape index (κ1) is 18.7. The molecule has 27 heavy (non-hydrogen) atoms. The molecule has 0 atom stereocenters. The molecule has 0 fully saturated rings. The summed E-state index contributed by atoms with van der Waals surface area (Å²) in [5.74, 6) is -4.16. The fourth-order valence-electron chi connectivity index (χ4n) is 2.22. The maximum atomic E-state index is 12.1. The molecule has 7 nitrogen and oxygen atoms in total. The zero-order chi connectivity index (χ0) is 19.6. The average Bonchev–Trinajstić information content (AvgIpc) is 2.89. The van der Waals surface area contributed by atoms with Gasteiger partial charge >= 0.3 is 23.9 Å². The first-order valence-corrected chi connectivity index (χ1v) is 9.03. The predicted octanol–water partition coefficient (Wildman–Crippen LogP) is 3.26. The molecule has 0 unspecified atom stereocenters. The van der Waals surface area contributed by atoms with Crippen molar-refractivity contribution in [3.8, 4) is 0 Å². The van der Waals surface area contributed by atoms with Crippen LogP contribution in [-0.4, -0.2) is 34.1 Å². The van der Waals surface area contributed by atoms with Crippen molar-refractivity contribution >= 4 is 47.4 Å². The largest absolute Gasteiger partial charge is 0.478 e. The summed E-state index contributed by atoms with van der Waals surface area (Å²) in [5.41, 5.74) is -0.0603. The van der Waals surface area contributed by atoms with E-state index >= 15 is 0 Å². The maximum absolute atomic E-state index is 12.1. The van der Waals surface area contributed by atoms with Crippen LogP contribution >= 0.6 is 23.5 Å². The van der Waals surface area contributed by atoms with Crippen LogP contribution in [0.4, 0.5) is 0 Å². The van der Waals surface area contributed by atoms with Crippen LogP contribution in [0.3, 0.4) is 0 Å². The summed E-state index contributed by atoms with van der Waals surface area (Å²) >= 11 is 1.59. The molecule has 0 aromatic heterocycles. The number of hydrogen-bond acceptors (Lipinski definition) is 7. The molecule has 3 rings (SSSR count). The third-order valence-electron chi connectivity index (χ3n) is 3.42. The number of carbonyl (C=O) groups is 4. The molecule has 9 heteroatoms. The van der Waals surface area contributed by atoms with E-state index in [0.29, 0.717) is 0 Å². The zero-order valence-electron chi connectivity index (χ0n) is 13.4. The van der Waals surface area contributed by atoms with Gasteiger partial charge in [0.15, 0.2) is 0 Å².